The van der Waals surface area contributed by atoms with Crippen LogP contribution in [0.25, 0.3) is 0 Å². The molecule has 1 aromatic rings. The predicted octanol–water partition coefficient (Wildman–Crippen LogP) is 1.63. The molecule has 23 heavy (non-hydrogen) atoms. The number of carbonyl (C=O) groups excluding carboxylic acids is 1. The largest absolute Gasteiger partial charge is 0.353 e. The highest BCUT2D eigenvalue weighted by Crippen LogP contribution is 2.23. The van der Waals surface area contributed by atoms with E-state index in [1.54, 1.807) is 12.1 Å². The van der Waals surface area contributed by atoms with E-state index in [4.69, 9.17) is 5.26 Å². The van der Waals surface area contributed by atoms with Crippen LogP contribution in [-0.2, 0) is 14.8 Å². The third-order valence-corrected chi connectivity index (χ3v) is 5.88. The van der Waals surface area contributed by atoms with Crippen LogP contribution in [0.1, 0.15) is 38.2 Å². The van der Waals surface area contributed by atoms with Crippen molar-refractivity contribution in [3.05, 3.63) is 29.8 Å². The van der Waals surface area contributed by atoms with Crippen molar-refractivity contribution in [2.24, 2.45) is 0 Å². The number of benzene rings is 1. The van der Waals surface area contributed by atoms with E-state index >= 15 is 0 Å². The number of hydrogen-bond acceptors (Lipinski definition) is 4. The maximum absolute atomic E-state index is 12.7. The van der Waals surface area contributed by atoms with Crippen molar-refractivity contribution >= 4 is 15.9 Å². The van der Waals surface area contributed by atoms with Gasteiger partial charge in [-0.3, -0.25) is 4.79 Å². The first-order valence-electron chi connectivity index (χ1n) is 7.77. The number of piperidine rings is 1. The molecule has 0 unspecified atom stereocenters. The molecule has 6 nitrogen and oxygen atoms in total. The topological polar surface area (TPSA) is 90.3 Å². The molecular formula is C16H21N3O3S. The molecule has 1 saturated heterocycles. The first kappa shape index (κ1) is 17.4. The van der Waals surface area contributed by atoms with Gasteiger partial charge in [0, 0.05) is 25.6 Å². The minimum atomic E-state index is -3.67. The number of nitrogens with zero attached hydrogens (tertiary/aromatic N) is 2. The summed E-state index contributed by atoms with van der Waals surface area (Å²) in [5.41, 5.74) is 0.158. The van der Waals surface area contributed by atoms with E-state index in [-0.39, 0.29) is 22.4 Å². The molecular weight excluding hydrogens is 314 g/mol. The number of nitriles is 1. The highest BCUT2D eigenvalue weighted by molar-refractivity contribution is 7.89. The Morgan fingerprint density at radius 2 is 2.00 bits per heavy atom. The summed E-state index contributed by atoms with van der Waals surface area (Å²) in [6.45, 7) is 2.64. The minimum Gasteiger partial charge on any atom is -0.353 e. The van der Waals surface area contributed by atoms with Crippen LogP contribution in [0.2, 0.25) is 0 Å². The molecule has 0 atom stereocenters. The van der Waals surface area contributed by atoms with E-state index in [0.717, 1.165) is 6.42 Å². The Bertz CT molecular complexity index is 702. The average Bonchev–Trinajstić information content (AvgIpc) is 2.55. The van der Waals surface area contributed by atoms with Gasteiger partial charge in [0.15, 0.2) is 0 Å². The summed E-state index contributed by atoms with van der Waals surface area (Å²) in [6.07, 6.45) is 2.46. The second-order valence-corrected chi connectivity index (χ2v) is 7.51. The molecule has 0 aliphatic carbocycles. The Kier molecular flexibility index (Phi) is 5.74. The van der Waals surface area contributed by atoms with Gasteiger partial charge < -0.3 is 5.32 Å². The van der Waals surface area contributed by atoms with Crippen molar-refractivity contribution < 1.29 is 13.2 Å². The Hall–Kier alpha value is -1.91. The Morgan fingerprint density at radius 1 is 1.35 bits per heavy atom. The van der Waals surface area contributed by atoms with Crippen molar-refractivity contribution in [1.29, 1.82) is 5.26 Å². The van der Waals surface area contributed by atoms with Crippen LogP contribution in [0.5, 0.6) is 0 Å². The van der Waals surface area contributed by atoms with E-state index in [0.29, 0.717) is 32.4 Å². The molecule has 7 heteroatoms. The van der Waals surface area contributed by atoms with Gasteiger partial charge in [-0.2, -0.15) is 9.57 Å². The first-order valence-corrected chi connectivity index (χ1v) is 9.21. The lowest BCUT2D eigenvalue weighted by Gasteiger charge is -2.31. The third-order valence-electron chi connectivity index (χ3n) is 3.92. The van der Waals surface area contributed by atoms with Crippen molar-refractivity contribution in [3.63, 3.8) is 0 Å². The molecule has 0 saturated carbocycles. The van der Waals surface area contributed by atoms with Gasteiger partial charge in [0.2, 0.25) is 15.9 Å². The van der Waals surface area contributed by atoms with E-state index < -0.39 is 10.0 Å². The standard InChI is InChI=1S/C16H21N3O3S/c1-2-5-16(20)18-14-8-10-19(11-9-14)23(21,22)15-7-4-3-6-13(15)12-17/h3-4,6-7,14H,2,5,8-11H2,1H3,(H,18,20). The highest BCUT2D eigenvalue weighted by atomic mass is 32.2. The molecule has 0 aromatic heterocycles. The second-order valence-electron chi connectivity index (χ2n) is 5.60. The Balaban J connectivity index is 2.04. The lowest BCUT2D eigenvalue weighted by Crippen LogP contribution is -2.46. The van der Waals surface area contributed by atoms with E-state index in [1.807, 2.05) is 13.0 Å². The van der Waals surface area contributed by atoms with E-state index in [9.17, 15) is 13.2 Å². The maximum Gasteiger partial charge on any atom is 0.244 e. The average molecular weight is 335 g/mol. The van der Waals surface area contributed by atoms with Gasteiger partial charge in [0.25, 0.3) is 0 Å². The van der Waals surface area contributed by atoms with Gasteiger partial charge >= 0.3 is 0 Å². The second kappa shape index (κ2) is 7.57. The fourth-order valence-electron chi connectivity index (χ4n) is 2.69. The number of hydrogen-bond donors (Lipinski definition) is 1. The zero-order valence-electron chi connectivity index (χ0n) is 13.2. The smallest absolute Gasteiger partial charge is 0.244 e. The van der Waals surface area contributed by atoms with Crippen molar-refractivity contribution in [1.82, 2.24) is 9.62 Å². The number of nitrogens with one attached hydrogen (secondary N) is 1. The molecule has 1 N–H and O–H groups in total. The van der Waals surface area contributed by atoms with Crippen molar-refractivity contribution in [3.8, 4) is 6.07 Å². The van der Waals surface area contributed by atoms with Crippen molar-refractivity contribution in [2.45, 2.75) is 43.5 Å². The third kappa shape index (κ3) is 4.09. The molecule has 1 heterocycles. The van der Waals surface area contributed by atoms with Crippen LogP contribution in [0.4, 0.5) is 0 Å². The zero-order valence-corrected chi connectivity index (χ0v) is 14.0. The van der Waals surface area contributed by atoms with Crippen LogP contribution in [-0.4, -0.2) is 37.8 Å². The van der Waals surface area contributed by atoms with E-state index in [2.05, 4.69) is 5.32 Å². The normalized spacial score (nSPS) is 16.7. The zero-order chi connectivity index (χ0) is 16.9. The summed E-state index contributed by atoms with van der Waals surface area (Å²) in [5, 5.41) is 12.0. The lowest BCUT2D eigenvalue weighted by molar-refractivity contribution is -0.122. The van der Waals surface area contributed by atoms with Gasteiger partial charge in [0.1, 0.15) is 6.07 Å². The molecule has 1 fully saturated rings. The maximum atomic E-state index is 12.7. The molecule has 124 valence electrons. The van der Waals surface area contributed by atoms with Gasteiger partial charge in [-0.05, 0) is 31.4 Å². The van der Waals surface area contributed by atoms with Gasteiger partial charge in [-0.1, -0.05) is 19.1 Å². The molecule has 1 aliphatic heterocycles. The summed E-state index contributed by atoms with van der Waals surface area (Å²) in [5.74, 6) is 0.0173. The van der Waals surface area contributed by atoms with Gasteiger partial charge in [-0.25, -0.2) is 8.42 Å². The SMILES string of the molecule is CCCC(=O)NC1CCN(S(=O)(=O)c2ccccc2C#N)CC1. The highest BCUT2D eigenvalue weighted by Gasteiger charge is 2.31. The number of rotatable bonds is 5. The number of carbonyl (C=O) groups is 1. The molecule has 1 aromatic carbocycles. The fourth-order valence-corrected chi connectivity index (χ4v) is 4.30. The molecule has 0 radical (unpaired) electrons. The number of amides is 1. The number of sulfonamides is 1. The first-order chi connectivity index (χ1) is 11.0. The minimum absolute atomic E-state index is 0.0173. The quantitative estimate of drug-likeness (QED) is 0.885. The van der Waals surface area contributed by atoms with Crippen LogP contribution < -0.4 is 5.32 Å². The molecule has 2 rings (SSSR count). The summed E-state index contributed by atoms with van der Waals surface area (Å²) in [7, 11) is -3.67. The van der Waals surface area contributed by atoms with Gasteiger partial charge in [-0.15, -0.1) is 0 Å². The van der Waals surface area contributed by atoms with Crippen LogP contribution in [0.3, 0.4) is 0 Å². The monoisotopic (exact) mass is 335 g/mol. The van der Waals surface area contributed by atoms with Crippen LogP contribution in [0.15, 0.2) is 29.2 Å². The molecule has 1 amide bonds. The molecule has 0 bridgehead atoms. The molecule has 1 aliphatic rings. The molecule has 0 spiro atoms. The lowest BCUT2D eigenvalue weighted by atomic mass is 10.1. The predicted molar refractivity (Wildman–Crippen MR) is 86.0 cm³/mol. The van der Waals surface area contributed by atoms with Crippen molar-refractivity contribution in [2.75, 3.05) is 13.1 Å². The summed E-state index contributed by atoms with van der Waals surface area (Å²) < 4.78 is 26.8. The summed E-state index contributed by atoms with van der Waals surface area (Å²) in [4.78, 5) is 11.7. The van der Waals surface area contributed by atoms with Crippen LogP contribution in [0, 0.1) is 11.3 Å². The van der Waals surface area contributed by atoms with Crippen LogP contribution >= 0.6 is 0 Å². The van der Waals surface area contributed by atoms with Gasteiger partial charge in [0.05, 0.1) is 10.5 Å². The Morgan fingerprint density at radius 3 is 2.61 bits per heavy atom. The summed E-state index contributed by atoms with van der Waals surface area (Å²) in [6, 6.07) is 8.18. The van der Waals surface area contributed by atoms with E-state index in [1.165, 1.54) is 16.4 Å². The summed E-state index contributed by atoms with van der Waals surface area (Å²) >= 11 is 0. The fraction of sp³-hybridized carbons (Fsp3) is 0.500. The Labute approximate surface area is 137 Å².